The Kier molecular flexibility index (Phi) is 6.23. The molecule has 0 spiro atoms. The van der Waals surface area contributed by atoms with Gasteiger partial charge in [-0.05, 0) is 49.9 Å². The molecule has 0 aliphatic heterocycles. The quantitative estimate of drug-likeness (QED) is 0.561. The first-order chi connectivity index (χ1) is 12.3. The summed E-state index contributed by atoms with van der Waals surface area (Å²) >= 11 is 0. The maximum atomic E-state index is 11.8. The summed E-state index contributed by atoms with van der Waals surface area (Å²) in [6.45, 7) is 5.88. The van der Waals surface area contributed by atoms with Crippen LogP contribution in [-0.4, -0.2) is 23.3 Å². The van der Waals surface area contributed by atoms with Crippen LogP contribution in [0.3, 0.4) is 0 Å². The number of carboxylic acids is 1. The first kappa shape index (κ1) is 19.3. The van der Waals surface area contributed by atoms with Gasteiger partial charge < -0.3 is 14.9 Å². The Morgan fingerprint density at radius 1 is 1.15 bits per heavy atom. The number of allylic oxidation sites excluding steroid dienone is 2. The fourth-order valence-electron chi connectivity index (χ4n) is 2.70. The maximum absolute atomic E-state index is 11.8. The number of carboxylic acid groups (broad SMARTS) is 1. The maximum Gasteiger partial charge on any atom is 0.340 e. The van der Waals surface area contributed by atoms with Gasteiger partial charge in [0.2, 0.25) is 0 Å². The fraction of sp³-hybridized carbons (Fsp3) is 0.227. The summed E-state index contributed by atoms with van der Waals surface area (Å²) < 4.78 is 5.39. The fourth-order valence-corrected chi connectivity index (χ4v) is 2.70. The van der Waals surface area contributed by atoms with Gasteiger partial charge in [-0.1, -0.05) is 48.1 Å². The number of aryl methyl sites for hydroxylation is 1. The largest absolute Gasteiger partial charge is 0.507 e. The highest BCUT2D eigenvalue weighted by molar-refractivity contribution is 5.97. The number of phenols is 1. The highest BCUT2D eigenvalue weighted by Gasteiger charge is 2.21. The number of hydrogen-bond donors (Lipinski definition) is 2. The van der Waals surface area contributed by atoms with Gasteiger partial charge >= 0.3 is 5.97 Å². The average Bonchev–Trinajstić information content (AvgIpc) is 2.59. The van der Waals surface area contributed by atoms with Gasteiger partial charge in [0.25, 0.3) is 0 Å². The van der Waals surface area contributed by atoms with Crippen LogP contribution in [-0.2, 0) is 6.42 Å². The van der Waals surface area contributed by atoms with Crippen LogP contribution >= 0.6 is 0 Å². The van der Waals surface area contributed by atoms with Crippen LogP contribution in [0.2, 0.25) is 0 Å². The van der Waals surface area contributed by atoms with E-state index in [2.05, 4.69) is 0 Å². The number of rotatable bonds is 6. The van der Waals surface area contributed by atoms with Crippen molar-refractivity contribution in [2.75, 3.05) is 7.11 Å². The Labute approximate surface area is 154 Å². The molecule has 0 unspecified atom stereocenters. The molecule has 0 aromatic heterocycles. The van der Waals surface area contributed by atoms with Crippen LogP contribution in [0.4, 0.5) is 0 Å². The number of methoxy groups -OCH3 is 1. The Balaban J connectivity index is 2.59. The van der Waals surface area contributed by atoms with E-state index in [1.807, 2.05) is 57.2 Å². The molecule has 136 valence electrons. The Hall–Kier alpha value is -3.01. The minimum absolute atomic E-state index is 0.118. The summed E-state index contributed by atoms with van der Waals surface area (Å²) in [5, 5.41) is 20.2. The number of aromatic carboxylic acids is 1. The third-order valence-corrected chi connectivity index (χ3v) is 4.17. The van der Waals surface area contributed by atoms with Crippen molar-refractivity contribution in [1.29, 1.82) is 0 Å². The number of benzene rings is 2. The lowest BCUT2D eigenvalue weighted by Crippen LogP contribution is -2.04. The molecule has 0 aliphatic rings. The van der Waals surface area contributed by atoms with E-state index in [1.54, 1.807) is 12.1 Å². The number of ether oxygens (including phenoxy) is 1. The monoisotopic (exact) mass is 352 g/mol. The summed E-state index contributed by atoms with van der Waals surface area (Å²) in [4.78, 5) is 11.8. The van der Waals surface area contributed by atoms with Crippen molar-refractivity contribution in [1.82, 2.24) is 0 Å². The Morgan fingerprint density at radius 3 is 2.38 bits per heavy atom. The molecule has 26 heavy (non-hydrogen) atoms. The van der Waals surface area contributed by atoms with Crippen LogP contribution < -0.4 is 4.74 Å². The molecular weight excluding hydrogens is 328 g/mol. The van der Waals surface area contributed by atoms with Gasteiger partial charge in [0.15, 0.2) is 0 Å². The van der Waals surface area contributed by atoms with E-state index in [0.717, 1.165) is 16.7 Å². The lowest BCUT2D eigenvalue weighted by Gasteiger charge is -2.14. The van der Waals surface area contributed by atoms with E-state index in [9.17, 15) is 15.0 Å². The smallest absolute Gasteiger partial charge is 0.340 e. The van der Waals surface area contributed by atoms with Gasteiger partial charge in [-0.3, -0.25) is 0 Å². The molecule has 0 saturated carbocycles. The first-order valence-corrected chi connectivity index (χ1v) is 8.38. The van der Waals surface area contributed by atoms with Gasteiger partial charge in [0, 0.05) is 5.56 Å². The van der Waals surface area contributed by atoms with Gasteiger partial charge in [-0.15, -0.1) is 0 Å². The summed E-state index contributed by atoms with van der Waals surface area (Å²) in [5.41, 5.74) is 3.89. The molecule has 2 aromatic rings. The molecule has 4 heteroatoms. The second-order valence-corrected chi connectivity index (χ2v) is 6.35. The molecule has 2 N–H and O–H groups in total. The van der Waals surface area contributed by atoms with Crippen molar-refractivity contribution < 1.29 is 19.7 Å². The normalized spacial score (nSPS) is 10.8. The molecule has 2 aromatic carbocycles. The highest BCUT2D eigenvalue weighted by Crippen LogP contribution is 2.36. The molecule has 0 bridgehead atoms. The van der Waals surface area contributed by atoms with Gasteiger partial charge in [0.1, 0.15) is 17.1 Å². The van der Waals surface area contributed by atoms with Crippen LogP contribution in [0.15, 0.2) is 42.0 Å². The molecule has 0 amide bonds. The minimum Gasteiger partial charge on any atom is -0.507 e. The minimum atomic E-state index is -1.17. The van der Waals surface area contributed by atoms with Crippen molar-refractivity contribution >= 4 is 18.1 Å². The van der Waals surface area contributed by atoms with Crippen molar-refractivity contribution in [2.24, 2.45) is 0 Å². The van der Waals surface area contributed by atoms with E-state index in [4.69, 9.17) is 4.74 Å². The zero-order valence-electron chi connectivity index (χ0n) is 15.5. The molecule has 0 radical (unpaired) electrons. The van der Waals surface area contributed by atoms with E-state index < -0.39 is 5.97 Å². The lowest BCUT2D eigenvalue weighted by molar-refractivity contribution is 0.0693. The van der Waals surface area contributed by atoms with Crippen LogP contribution in [0.1, 0.15) is 46.5 Å². The standard InChI is InChI=1S/C22H24O4/c1-14(2)9-12-18-19(26-4)13-17(20(21(18)23)22(24)25)11-10-16-8-6-5-7-15(16)3/h5-11,13,23H,12H2,1-4H3,(H,24,25). The topological polar surface area (TPSA) is 66.8 Å². The zero-order chi connectivity index (χ0) is 19.3. The third kappa shape index (κ3) is 4.33. The molecule has 2 rings (SSSR count). The van der Waals surface area contributed by atoms with Crippen molar-refractivity contribution in [3.8, 4) is 11.5 Å². The van der Waals surface area contributed by atoms with Crippen molar-refractivity contribution in [3.05, 3.63) is 69.8 Å². The van der Waals surface area contributed by atoms with E-state index in [-0.39, 0.29) is 11.3 Å². The number of carbonyl (C=O) groups is 1. The SMILES string of the molecule is COc1cc(C=Cc2ccccc2C)c(C(=O)O)c(O)c1CC=C(C)C. The van der Waals surface area contributed by atoms with E-state index in [1.165, 1.54) is 7.11 Å². The summed E-state index contributed by atoms with van der Waals surface area (Å²) in [6.07, 6.45) is 5.86. The molecule has 0 aliphatic carbocycles. The first-order valence-electron chi connectivity index (χ1n) is 8.38. The molecular formula is C22H24O4. The van der Waals surface area contributed by atoms with E-state index >= 15 is 0 Å². The van der Waals surface area contributed by atoms with Gasteiger partial charge in [-0.25, -0.2) is 4.79 Å². The second-order valence-electron chi connectivity index (χ2n) is 6.35. The predicted octanol–water partition coefficient (Wildman–Crippen LogP) is 5.09. The molecule has 4 nitrogen and oxygen atoms in total. The van der Waals surface area contributed by atoms with E-state index in [0.29, 0.717) is 23.3 Å². The number of aromatic hydroxyl groups is 1. The summed E-state index contributed by atoms with van der Waals surface area (Å²) in [7, 11) is 1.51. The van der Waals surface area contributed by atoms with Gasteiger partial charge in [-0.2, -0.15) is 0 Å². The summed E-state index contributed by atoms with van der Waals surface area (Å²) in [6, 6.07) is 9.46. The third-order valence-electron chi connectivity index (χ3n) is 4.17. The van der Waals surface area contributed by atoms with Crippen LogP contribution in [0, 0.1) is 6.92 Å². The van der Waals surface area contributed by atoms with Crippen molar-refractivity contribution in [2.45, 2.75) is 27.2 Å². The van der Waals surface area contributed by atoms with Crippen LogP contribution in [0.25, 0.3) is 12.2 Å². The molecule has 0 atom stereocenters. The highest BCUT2D eigenvalue weighted by atomic mass is 16.5. The predicted molar refractivity (Wildman–Crippen MR) is 105 cm³/mol. The molecule has 0 saturated heterocycles. The average molecular weight is 352 g/mol. The zero-order valence-corrected chi connectivity index (χ0v) is 15.5. The second kappa shape index (κ2) is 8.39. The number of hydrogen-bond acceptors (Lipinski definition) is 3. The molecule has 0 fully saturated rings. The van der Waals surface area contributed by atoms with Gasteiger partial charge in [0.05, 0.1) is 7.11 Å². The van der Waals surface area contributed by atoms with Crippen LogP contribution in [0.5, 0.6) is 11.5 Å². The van der Waals surface area contributed by atoms with Crippen molar-refractivity contribution in [3.63, 3.8) is 0 Å². The Bertz CT molecular complexity index is 872. The lowest BCUT2D eigenvalue weighted by atomic mass is 9.97. The molecule has 0 heterocycles. The Morgan fingerprint density at radius 2 is 1.81 bits per heavy atom. The summed E-state index contributed by atoms with van der Waals surface area (Å²) in [5.74, 6) is -0.957.